The third kappa shape index (κ3) is 5.38. The van der Waals surface area contributed by atoms with Crippen LogP contribution in [0.5, 0.6) is 0 Å². The number of hydrogen-bond acceptors (Lipinski definition) is 3. The molecule has 0 aliphatic heterocycles. The van der Waals surface area contributed by atoms with Crippen LogP contribution < -0.4 is 5.32 Å². The molecule has 2 N–H and O–H groups in total. The molecule has 4 nitrogen and oxygen atoms in total. The van der Waals surface area contributed by atoms with Gasteiger partial charge in [-0.2, -0.15) is 5.26 Å². The second-order valence-electron chi connectivity index (χ2n) is 3.60. The Morgan fingerprint density at radius 3 is 2.53 bits per heavy atom. The molecular formula is C11H20N2O2. The highest BCUT2D eigenvalue weighted by Gasteiger charge is 2.19. The van der Waals surface area contributed by atoms with Crippen molar-refractivity contribution in [1.82, 2.24) is 5.32 Å². The van der Waals surface area contributed by atoms with Gasteiger partial charge < -0.3 is 10.4 Å². The van der Waals surface area contributed by atoms with Crippen molar-refractivity contribution in [3.8, 4) is 6.07 Å². The molecular weight excluding hydrogens is 192 g/mol. The Hall–Kier alpha value is -1.08. The van der Waals surface area contributed by atoms with Crippen LogP contribution in [0.1, 0.15) is 39.5 Å². The number of nitrogens with zero attached hydrogens (tertiary/aromatic N) is 1. The number of nitriles is 1. The summed E-state index contributed by atoms with van der Waals surface area (Å²) in [6.45, 7) is 3.95. The zero-order chi connectivity index (χ0) is 11.7. The molecule has 15 heavy (non-hydrogen) atoms. The van der Waals surface area contributed by atoms with Crippen molar-refractivity contribution in [2.45, 2.75) is 45.6 Å². The molecule has 0 aromatic carbocycles. The maximum atomic E-state index is 11.6. The van der Waals surface area contributed by atoms with Crippen LogP contribution in [0.25, 0.3) is 0 Å². The minimum Gasteiger partial charge on any atom is -0.396 e. The average Bonchev–Trinajstić information content (AvgIpc) is 2.24. The monoisotopic (exact) mass is 212 g/mol. The third-order valence-electron chi connectivity index (χ3n) is 2.37. The van der Waals surface area contributed by atoms with Crippen molar-refractivity contribution >= 4 is 5.91 Å². The van der Waals surface area contributed by atoms with Gasteiger partial charge in [0.15, 0.2) is 0 Å². The van der Waals surface area contributed by atoms with Crippen molar-refractivity contribution in [2.24, 2.45) is 5.92 Å². The van der Waals surface area contributed by atoms with E-state index in [9.17, 15) is 4.79 Å². The van der Waals surface area contributed by atoms with E-state index in [0.29, 0.717) is 12.8 Å². The van der Waals surface area contributed by atoms with Crippen molar-refractivity contribution < 1.29 is 9.90 Å². The number of hydrogen-bond donors (Lipinski definition) is 2. The van der Waals surface area contributed by atoms with E-state index in [1.54, 1.807) is 0 Å². The molecule has 0 spiro atoms. The fourth-order valence-electron chi connectivity index (χ4n) is 1.38. The topological polar surface area (TPSA) is 73.1 Å². The predicted molar refractivity (Wildman–Crippen MR) is 57.9 cm³/mol. The number of amides is 1. The zero-order valence-electron chi connectivity index (χ0n) is 9.49. The van der Waals surface area contributed by atoms with Gasteiger partial charge in [0, 0.05) is 12.6 Å². The summed E-state index contributed by atoms with van der Waals surface area (Å²) in [5.74, 6) is -0.762. The first-order chi connectivity index (χ1) is 7.19. The molecule has 0 rings (SSSR count). The van der Waals surface area contributed by atoms with Crippen LogP contribution in [0.4, 0.5) is 0 Å². The predicted octanol–water partition coefficient (Wildman–Crippen LogP) is 1.20. The summed E-state index contributed by atoms with van der Waals surface area (Å²) in [4.78, 5) is 11.6. The normalized spacial score (nSPS) is 14.0. The van der Waals surface area contributed by atoms with E-state index in [4.69, 9.17) is 10.4 Å². The number of carbonyl (C=O) groups excluding carboxylic acids is 1. The number of nitrogens with one attached hydrogen (secondary N) is 1. The summed E-state index contributed by atoms with van der Waals surface area (Å²) in [5.41, 5.74) is 0. The van der Waals surface area contributed by atoms with Crippen molar-refractivity contribution in [2.75, 3.05) is 6.61 Å². The fourth-order valence-corrected chi connectivity index (χ4v) is 1.38. The largest absolute Gasteiger partial charge is 0.396 e. The highest BCUT2D eigenvalue weighted by atomic mass is 16.3. The third-order valence-corrected chi connectivity index (χ3v) is 2.37. The van der Waals surface area contributed by atoms with Crippen molar-refractivity contribution in [3.05, 3.63) is 0 Å². The van der Waals surface area contributed by atoms with E-state index in [1.165, 1.54) is 0 Å². The summed E-state index contributed by atoms with van der Waals surface area (Å²) >= 11 is 0. The Morgan fingerprint density at radius 1 is 1.47 bits per heavy atom. The van der Waals surface area contributed by atoms with Gasteiger partial charge in [-0.05, 0) is 19.3 Å². The first-order valence-corrected chi connectivity index (χ1v) is 5.50. The maximum absolute atomic E-state index is 11.6. The molecule has 86 valence electrons. The molecule has 0 aliphatic carbocycles. The summed E-state index contributed by atoms with van der Waals surface area (Å²) in [6, 6.07) is 1.98. The molecule has 0 radical (unpaired) electrons. The number of rotatable bonds is 7. The number of aliphatic hydroxyl groups is 1. The Kier molecular flexibility index (Phi) is 7.65. The average molecular weight is 212 g/mol. The highest BCUT2D eigenvalue weighted by molar-refractivity contribution is 5.81. The van der Waals surface area contributed by atoms with Gasteiger partial charge in [0.2, 0.25) is 5.91 Å². The first kappa shape index (κ1) is 13.9. The van der Waals surface area contributed by atoms with Crippen LogP contribution in [0.15, 0.2) is 0 Å². The van der Waals surface area contributed by atoms with Gasteiger partial charge in [-0.15, -0.1) is 0 Å². The van der Waals surface area contributed by atoms with E-state index in [2.05, 4.69) is 5.32 Å². The van der Waals surface area contributed by atoms with E-state index in [0.717, 1.165) is 12.8 Å². The van der Waals surface area contributed by atoms with Gasteiger partial charge >= 0.3 is 0 Å². The van der Waals surface area contributed by atoms with Gasteiger partial charge in [-0.25, -0.2) is 0 Å². The molecule has 2 unspecified atom stereocenters. The molecule has 2 atom stereocenters. The molecule has 1 amide bonds. The van der Waals surface area contributed by atoms with E-state index >= 15 is 0 Å². The molecule has 0 saturated heterocycles. The zero-order valence-corrected chi connectivity index (χ0v) is 9.49. The fraction of sp³-hybridized carbons (Fsp3) is 0.818. The molecule has 4 heteroatoms. The second-order valence-corrected chi connectivity index (χ2v) is 3.60. The van der Waals surface area contributed by atoms with Crippen molar-refractivity contribution in [3.63, 3.8) is 0 Å². The first-order valence-electron chi connectivity index (χ1n) is 5.50. The molecule has 0 aliphatic rings. The van der Waals surface area contributed by atoms with Gasteiger partial charge in [-0.1, -0.05) is 20.3 Å². The summed E-state index contributed by atoms with van der Waals surface area (Å²) in [7, 11) is 0. The van der Waals surface area contributed by atoms with Crippen LogP contribution in [-0.4, -0.2) is 23.7 Å². The summed E-state index contributed by atoms with van der Waals surface area (Å²) in [6.07, 6.45) is 2.74. The van der Waals surface area contributed by atoms with Crippen LogP contribution in [0.3, 0.4) is 0 Å². The highest BCUT2D eigenvalue weighted by Crippen LogP contribution is 2.06. The summed E-state index contributed by atoms with van der Waals surface area (Å²) in [5, 5.41) is 20.3. The molecule has 0 saturated carbocycles. The Bertz CT molecular complexity index is 223. The molecule has 0 aromatic heterocycles. The Morgan fingerprint density at radius 2 is 2.13 bits per heavy atom. The van der Waals surface area contributed by atoms with E-state index in [1.807, 2.05) is 19.9 Å². The van der Waals surface area contributed by atoms with Crippen LogP contribution in [0.2, 0.25) is 0 Å². The van der Waals surface area contributed by atoms with Crippen molar-refractivity contribution in [1.29, 1.82) is 5.26 Å². The minimum absolute atomic E-state index is 0.0183. The van der Waals surface area contributed by atoms with Gasteiger partial charge in [0.25, 0.3) is 0 Å². The molecule has 0 heterocycles. The van der Waals surface area contributed by atoms with Gasteiger partial charge in [0.1, 0.15) is 5.92 Å². The standard InChI is InChI=1S/C11H20N2O2/c1-3-5-9(8-12)11(15)13-10(4-2)6-7-14/h9-10,14H,3-7H2,1-2H3,(H,13,15). The van der Waals surface area contributed by atoms with Gasteiger partial charge in [0.05, 0.1) is 6.07 Å². The second kappa shape index (κ2) is 8.25. The Labute approximate surface area is 91.3 Å². The Balaban J connectivity index is 4.13. The smallest absolute Gasteiger partial charge is 0.237 e. The number of aliphatic hydroxyl groups excluding tert-OH is 1. The molecule has 0 aromatic rings. The quantitative estimate of drug-likeness (QED) is 0.666. The lowest BCUT2D eigenvalue weighted by Gasteiger charge is -2.17. The van der Waals surface area contributed by atoms with Crippen LogP contribution in [-0.2, 0) is 4.79 Å². The lowest BCUT2D eigenvalue weighted by atomic mass is 10.0. The number of carbonyl (C=O) groups is 1. The van der Waals surface area contributed by atoms with E-state index in [-0.39, 0.29) is 18.6 Å². The molecule has 0 bridgehead atoms. The minimum atomic E-state index is -0.553. The van der Waals surface area contributed by atoms with Crippen LogP contribution >= 0.6 is 0 Å². The summed E-state index contributed by atoms with van der Waals surface area (Å²) < 4.78 is 0. The lowest BCUT2D eigenvalue weighted by molar-refractivity contribution is -0.124. The maximum Gasteiger partial charge on any atom is 0.237 e. The van der Waals surface area contributed by atoms with Crippen LogP contribution in [0, 0.1) is 17.2 Å². The van der Waals surface area contributed by atoms with E-state index < -0.39 is 5.92 Å². The lowest BCUT2D eigenvalue weighted by Crippen LogP contribution is -2.38. The molecule has 0 fully saturated rings. The van der Waals surface area contributed by atoms with Gasteiger partial charge in [-0.3, -0.25) is 4.79 Å². The SMILES string of the molecule is CCCC(C#N)C(=O)NC(CC)CCO.